The fourth-order valence-corrected chi connectivity index (χ4v) is 3.91. The lowest BCUT2D eigenvalue weighted by atomic mass is 9.88. The number of urea groups is 1. The van der Waals surface area contributed by atoms with Crippen molar-refractivity contribution >= 4 is 16.1 Å². The molecular weight excluding hydrogens is 324 g/mol. The van der Waals surface area contributed by atoms with Crippen LogP contribution >= 0.6 is 0 Å². The van der Waals surface area contributed by atoms with Gasteiger partial charge in [-0.15, -0.1) is 0 Å². The van der Waals surface area contributed by atoms with Gasteiger partial charge in [0.25, 0.3) is 10.0 Å². The molecule has 0 unspecified atom stereocenters. The Morgan fingerprint density at radius 2 is 1.79 bits per heavy atom. The minimum Gasteiger partial charge on any atom is -0.331 e. The Morgan fingerprint density at radius 1 is 1.08 bits per heavy atom. The van der Waals surface area contributed by atoms with E-state index in [1.807, 2.05) is 31.2 Å². The average molecular weight is 344 g/mol. The van der Waals surface area contributed by atoms with E-state index in [2.05, 4.69) is 10.0 Å². The summed E-state index contributed by atoms with van der Waals surface area (Å²) in [5.74, 6) is 0. The van der Waals surface area contributed by atoms with E-state index in [-0.39, 0.29) is 10.9 Å². The number of fused-ring (bicyclic) bond motifs is 1. The normalized spacial score (nSPS) is 17.0. The molecule has 0 heterocycles. The second kappa shape index (κ2) is 6.65. The van der Waals surface area contributed by atoms with Crippen molar-refractivity contribution in [2.45, 2.75) is 37.1 Å². The summed E-state index contributed by atoms with van der Waals surface area (Å²) in [6.07, 6.45) is 2.75. The van der Waals surface area contributed by atoms with Gasteiger partial charge in [-0.2, -0.15) is 0 Å². The van der Waals surface area contributed by atoms with Crippen LogP contribution in [-0.4, -0.2) is 14.4 Å². The van der Waals surface area contributed by atoms with E-state index in [0.29, 0.717) is 0 Å². The Bertz CT molecular complexity index is 845. The standard InChI is InChI=1S/C18H20N2O3S/c1-13-9-11-15(12-10-13)24(22,23)20-18(21)19-17-8-4-6-14-5-2-3-7-16(14)17/h2-3,5,7,9-12,17H,4,6,8H2,1H3,(H2,19,20,21)/t17-/m0/s1. The van der Waals surface area contributed by atoms with Crippen molar-refractivity contribution in [3.05, 3.63) is 65.2 Å². The Labute approximate surface area is 142 Å². The molecule has 2 N–H and O–H groups in total. The van der Waals surface area contributed by atoms with E-state index in [4.69, 9.17) is 0 Å². The van der Waals surface area contributed by atoms with Crippen LogP contribution in [0.5, 0.6) is 0 Å². The highest BCUT2D eigenvalue weighted by Crippen LogP contribution is 2.29. The van der Waals surface area contributed by atoms with Crippen LogP contribution in [0.4, 0.5) is 4.79 Å². The lowest BCUT2D eigenvalue weighted by Crippen LogP contribution is -2.41. The molecule has 2 amide bonds. The summed E-state index contributed by atoms with van der Waals surface area (Å²) in [5, 5.41) is 2.78. The molecule has 1 atom stereocenters. The minimum absolute atomic E-state index is 0.0762. The molecule has 0 bridgehead atoms. The maximum absolute atomic E-state index is 12.3. The maximum Gasteiger partial charge on any atom is 0.329 e. The molecule has 1 aliphatic rings. The van der Waals surface area contributed by atoms with Crippen LogP contribution in [0.2, 0.25) is 0 Å². The Balaban J connectivity index is 1.71. The van der Waals surface area contributed by atoms with Crippen molar-refractivity contribution in [1.82, 2.24) is 10.0 Å². The minimum atomic E-state index is -3.87. The van der Waals surface area contributed by atoms with Crippen LogP contribution < -0.4 is 10.0 Å². The number of amides is 2. The molecule has 3 rings (SSSR count). The first-order valence-electron chi connectivity index (χ1n) is 7.93. The monoisotopic (exact) mass is 344 g/mol. The zero-order valence-electron chi connectivity index (χ0n) is 13.5. The summed E-state index contributed by atoms with van der Waals surface area (Å²) in [6.45, 7) is 1.87. The molecular formula is C18H20N2O3S. The number of hydrogen-bond donors (Lipinski definition) is 2. The number of benzene rings is 2. The summed E-state index contributed by atoms with van der Waals surface area (Å²) in [7, 11) is -3.87. The summed E-state index contributed by atoms with van der Waals surface area (Å²) in [6, 6.07) is 13.4. The van der Waals surface area contributed by atoms with E-state index in [0.717, 1.165) is 30.4 Å². The fourth-order valence-electron chi connectivity index (χ4n) is 2.99. The summed E-state index contributed by atoms with van der Waals surface area (Å²) >= 11 is 0. The molecule has 1 aliphatic carbocycles. The smallest absolute Gasteiger partial charge is 0.329 e. The fraction of sp³-hybridized carbons (Fsp3) is 0.278. The van der Waals surface area contributed by atoms with E-state index in [1.165, 1.54) is 17.7 Å². The van der Waals surface area contributed by atoms with Crippen molar-refractivity contribution in [1.29, 1.82) is 0 Å². The lowest BCUT2D eigenvalue weighted by Gasteiger charge is -2.26. The number of nitrogens with one attached hydrogen (secondary N) is 2. The summed E-state index contributed by atoms with van der Waals surface area (Å²) < 4.78 is 26.6. The first-order valence-corrected chi connectivity index (χ1v) is 9.42. The molecule has 0 spiro atoms. The Morgan fingerprint density at radius 3 is 2.54 bits per heavy atom. The van der Waals surface area contributed by atoms with Gasteiger partial charge in [-0.25, -0.2) is 17.9 Å². The molecule has 0 saturated heterocycles. The van der Waals surface area contributed by atoms with Crippen LogP contribution in [0.3, 0.4) is 0 Å². The molecule has 24 heavy (non-hydrogen) atoms. The molecule has 2 aromatic carbocycles. The third-order valence-electron chi connectivity index (χ3n) is 4.23. The molecule has 126 valence electrons. The predicted octanol–water partition coefficient (Wildman–Crippen LogP) is 3.06. The van der Waals surface area contributed by atoms with Crippen LogP contribution in [0.25, 0.3) is 0 Å². The van der Waals surface area contributed by atoms with E-state index >= 15 is 0 Å². The Kier molecular flexibility index (Phi) is 4.57. The maximum atomic E-state index is 12.3. The largest absolute Gasteiger partial charge is 0.331 e. The van der Waals surface area contributed by atoms with E-state index in [9.17, 15) is 13.2 Å². The molecule has 2 aromatic rings. The van der Waals surface area contributed by atoms with E-state index in [1.54, 1.807) is 12.1 Å². The van der Waals surface area contributed by atoms with Gasteiger partial charge in [-0.1, -0.05) is 42.0 Å². The van der Waals surface area contributed by atoms with Gasteiger partial charge in [-0.3, -0.25) is 0 Å². The highest BCUT2D eigenvalue weighted by Gasteiger charge is 2.24. The third-order valence-corrected chi connectivity index (χ3v) is 5.58. The highest BCUT2D eigenvalue weighted by molar-refractivity contribution is 7.90. The molecule has 5 nitrogen and oxygen atoms in total. The van der Waals surface area contributed by atoms with Gasteiger partial charge in [0.2, 0.25) is 0 Å². The molecule has 0 radical (unpaired) electrons. The van der Waals surface area contributed by atoms with Gasteiger partial charge in [0.05, 0.1) is 10.9 Å². The zero-order chi connectivity index (χ0) is 17.2. The number of carbonyl (C=O) groups excluding carboxylic acids is 1. The first kappa shape index (κ1) is 16.5. The van der Waals surface area contributed by atoms with Crippen LogP contribution in [0.1, 0.15) is 35.6 Å². The van der Waals surface area contributed by atoms with Crippen molar-refractivity contribution in [3.63, 3.8) is 0 Å². The number of rotatable bonds is 3. The Hall–Kier alpha value is -2.34. The van der Waals surface area contributed by atoms with Gasteiger partial charge in [0.1, 0.15) is 0 Å². The number of aryl methyl sites for hydroxylation is 2. The molecule has 0 aliphatic heterocycles. The predicted molar refractivity (Wildman–Crippen MR) is 92.2 cm³/mol. The van der Waals surface area contributed by atoms with Crippen LogP contribution in [0.15, 0.2) is 53.4 Å². The first-order chi connectivity index (χ1) is 11.5. The van der Waals surface area contributed by atoms with Gasteiger partial charge < -0.3 is 5.32 Å². The van der Waals surface area contributed by atoms with Crippen molar-refractivity contribution in [2.75, 3.05) is 0 Å². The van der Waals surface area contributed by atoms with Crippen LogP contribution in [0, 0.1) is 6.92 Å². The van der Waals surface area contributed by atoms with Crippen molar-refractivity contribution < 1.29 is 13.2 Å². The van der Waals surface area contributed by atoms with Gasteiger partial charge in [-0.05, 0) is 49.4 Å². The van der Waals surface area contributed by atoms with Gasteiger partial charge in [0.15, 0.2) is 0 Å². The number of carbonyl (C=O) groups is 1. The van der Waals surface area contributed by atoms with E-state index < -0.39 is 16.1 Å². The second-order valence-corrected chi connectivity index (χ2v) is 7.72. The quantitative estimate of drug-likeness (QED) is 0.898. The number of hydrogen-bond acceptors (Lipinski definition) is 3. The van der Waals surface area contributed by atoms with Gasteiger partial charge >= 0.3 is 6.03 Å². The second-order valence-electron chi connectivity index (χ2n) is 6.04. The molecule has 6 heteroatoms. The van der Waals surface area contributed by atoms with Gasteiger partial charge in [0, 0.05) is 0 Å². The lowest BCUT2D eigenvalue weighted by molar-refractivity contribution is 0.240. The van der Waals surface area contributed by atoms with Crippen molar-refractivity contribution in [2.24, 2.45) is 0 Å². The third kappa shape index (κ3) is 3.59. The SMILES string of the molecule is Cc1ccc(S(=O)(=O)NC(=O)N[C@H]2CCCc3ccccc32)cc1. The average Bonchev–Trinajstić information content (AvgIpc) is 2.55. The van der Waals surface area contributed by atoms with Crippen LogP contribution in [-0.2, 0) is 16.4 Å². The molecule has 0 aromatic heterocycles. The number of sulfonamides is 1. The zero-order valence-corrected chi connectivity index (χ0v) is 14.3. The summed E-state index contributed by atoms with van der Waals surface area (Å²) in [4.78, 5) is 12.3. The highest BCUT2D eigenvalue weighted by atomic mass is 32.2. The molecule has 0 saturated carbocycles. The molecule has 0 fully saturated rings. The van der Waals surface area contributed by atoms with Crippen molar-refractivity contribution in [3.8, 4) is 0 Å². The summed E-state index contributed by atoms with van der Waals surface area (Å²) in [5.41, 5.74) is 3.22. The topological polar surface area (TPSA) is 75.3 Å².